The molecule has 0 atom stereocenters. The maximum absolute atomic E-state index is 13.0. The van der Waals surface area contributed by atoms with Crippen LogP contribution in [-0.2, 0) is 4.79 Å². The summed E-state index contributed by atoms with van der Waals surface area (Å²) in [6.07, 6.45) is 3.89. The summed E-state index contributed by atoms with van der Waals surface area (Å²) in [5, 5.41) is 3.35. The molecule has 0 aliphatic carbocycles. The quantitative estimate of drug-likeness (QED) is 0.928. The normalized spacial score (nSPS) is 20.4. The molecular weight excluding hydrogens is 293 g/mol. The molecule has 1 aromatic rings. The summed E-state index contributed by atoms with van der Waals surface area (Å²) in [6, 6.07) is 6.64. The SMILES string of the molecule is O=C(CC1CCNCC1)N1CCCN(c2ccc(F)cc2)CC1. The fourth-order valence-corrected chi connectivity index (χ4v) is 3.54. The van der Waals surface area contributed by atoms with E-state index in [9.17, 15) is 9.18 Å². The van der Waals surface area contributed by atoms with E-state index >= 15 is 0 Å². The van der Waals surface area contributed by atoms with Crippen LogP contribution < -0.4 is 10.2 Å². The molecule has 3 rings (SSSR count). The molecule has 2 saturated heterocycles. The number of carbonyl (C=O) groups excluding carboxylic acids is 1. The first-order valence-corrected chi connectivity index (χ1v) is 8.71. The Kier molecular flexibility index (Phi) is 5.49. The molecule has 1 aromatic carbocycles. The van der Waals surface area contributed by atoms with Crippen LogP contribution in [-0.4, -0.2) is 50.1 Å². The lowest BCUT2D eigenvalue weighted by atomic mass is 9.94. The Morgan fingerprint density at radius 3 is 2.57 bits per heavy atom. The summed E-state index contributed by atoms with van der Waals surface area (Å²) in [6.45, 7) is 5.42. The van der Waals surface area contributed by atoms with Crippen LogP contribution in [0.3, 0.4) is 0 Å². The van der Waals surface area contributed by atoms with Gasteiger partial charge in [-0.05, 0) is 62.5 Å². The first-order valence-electron chi connectivity index (χ1n) is 8.71. The van der Waals surface area contributed by atoms with Crippen molar-refractivity contribution in [1.29, 1.82) is 0 Å². The lowest BCUT2D eigenvalue weighted by Gasteiger charge is -2.27. The fourth-order valence-electron chi connectivity index (χ4n) is 3.54. The second kappa shape index (κ2) is 7.77. The van der Waals surface area contributed by atoms with Crippen molar-refractivity contribution in [2.45, 2.75) is 25.7 Å². The highest BCUT2D eigenvalue weighted by molar-refractivity contribution is 5.76. The van der Waals surface area contributed by atoms with Crippen molar-refractivity contribution in [2.75, 3.05) is 44.2 Å². The van der Waals surface area contributed by atoms with Gasteiger partial charge < -0.3 is 15.1 Å². The highest BCUT2D eigenvalue weighted by Gasteiger charge is 2.23. The lowest BCUT2D eigenvalue weighted by molar-refractivity contribution is -0.132. The van der Waals surface area contributed by atoms with Gasteiger partial charge in [-0.3, -0.25) is 4.79 Å². The summed E-state index contributed by atoms with van der Waals surface area (Å²) < 4.78 is 13.0. The molecule has 23 heavy (non-hydrogen) atoms. The van der Waals surface area contributed by atoms with Crippen molar-refractivity contribution in [3.8, 4) is 0 Å². The van der Waals surface area contributed by atoms with E-state index in [1.54, 1.807) is 0 Å². The van der Waals surface area contributed by atoms with Crippen molar-refractivity contribution >= 4 is 11.6 Å². The van der Waals surface area contributed by atoms with Crippen LogP contribution in [0.2, 0.25) is 0 Å². The van der Waals surface area contributed by atoms with E-state index in [1.807, 2.05) is 17.0 Å². The first-order chi connectivity index (χ1) is 11.2. The summed E-state index contributed by atoms with van der Waals surface area (Å²) in [7, 11) is 0. The highest BCUT2D eigenvalue weighted by atomic mass is 19.1. The number of rotatable bonds is 3. The molecule has 2 aliphatic rings. The Labute approximate surface area is 137 Å². The minimum absolute atomic E-state index is 0.206. The molecule has 0 bridgehead atoms. The van der Waals surface area contributed by atoms with Crippen LogP contribution in [0.4, 0.5) is 10.1 Å². The Hall–Kier alpha value is -1.62. The van der Waals surface area contributed by atoms with Crippen LogP contribution in [0, 0.1) is 11.7 Å². The molecule has 2 fully saturated rings. The Morgan fingerprint density at radius 2 is 1.83 bits per heavy atom. The zero-order chi connectivity index (χ0) is 16.1. The van der Waals surface area contributed by atoms with Crippen molar-refractivity contribution in [3.05, 3.63) is 30.1 Å². The molecule has 0 unspecified atom stereocenters. The number of hydrogen-bond acceptors (Lipinski definition) is 3. The average molecular weight is 319 g/mol. The van der Waals surface area contributed by atoms with Crippen LogP contribution in [0.15, 0.2) is 24.3 Å². The molecule has 5 heteroatoms. The van der Waals surface area contributed by atoms with Gasteiger partial charge in [0.05, 0.1) is 0 Å². The third-order valence-electron chi connectivity index (χ3n) is 4.96. The molecule has 1 N–H and O–H groups in total. The maximum atomic E-state index is 13.0. The summed E-state index contributed by atoms with van der Waals surface area (Å²) >= 11 is 0. The number of hydrogen-bond donors (Lipinski definition) is 1. The molecule has 0 saturated carbocycles. The third-order valence-corrected chi connectivity index (χ3v) is 4.96. The van der Waals surface area contributed by atoms with Crippen molar-refractivity contribution < 1.29 is 9.18 Å². The zero-order valence-corrected chi connectivity index (χ0v) is 13.6. The standard InChI is InChI=1S/C18H26FN3O/c19-16-2-4-17(5-3-16)21-10-1-11-22(13-12-21)18(23)14-15-6-8-20-9-7-15/h2-5,15,20H,1,6-14H2. The van der Waals surface area contributed by atoms with Gasteiger partial charge in [-0.1, -0.05) is 0 Å². The topological polar surface area (TPSA) is 35.6 Å². The maximum Gasteiger partial charge on any atom is 0.222 e. The van der Waals surface area contributed by atoms with Crippen molar-refractivity contribution in [3.63, 3.8) is 0 Å². The molecule has 0 spiro atoms. The molecular formula is C18H26FN3O. The molecule has 0 aromatic heterocycles. The monoisotopic (exact) mass is 319 g/mol. The van der Waals surface area contributed by atoms with Crippen LogP contribution in [0.1, 0.15) is 25.7 Å². The van der Waals surface area contributed by atoms with Crippen LogP contribution in [0.5, 0.6) is 0 Å². The van der Waals surface area contributed by atoms with Gasteiger partial charge in [-0.15, -0.1) is 0 Å². The molecule has 2 heterocycles. The number of piperidine rings is 1. The summed E-state index contributed by atoms with van der Waals surface area (Å²) in [4.78, 5) is 16.8. The van der Waals surface area contributed by atoms with Gasteiger partial charge in [0.2, 0.25) is 5.91 Å². The second-order valence-electron chi connectivity index (χ2n) is 6.60. The largest absolute Gasteiger partial charge is 0.370 e. The van der Waals surface area contributed by atoms with Gasteiger partial charge in [0, 0.05) is 38.3 Å². The van der Waals surface area contributed by atoms with Gasteiger partial charge in [0.1, 0.15) is 5.82 Å². The zero-order valence-electron chi connectivity index (χ0n) is 13.6. The van der Waals surface area contributed by atoms with Gasteiger partial charge in [0.25, 0.3) is 0 Å². The Balaban J connectivity index is 1.53. The Bertz CT molecular complexity index is 514. The van der Waals surface area contributed by atoms with E-state index in [0.29, 0.717) is 18.2 Å². The van der Waals surface area contributed by atoms with E-state index in [0.717, 1.165) is 64.2 Å². The van der Waals surface area contributed by atoms with Crippen molar-refractivity contribution in [2.24, 2.45) is 5.92 Å². The van der Waals surface area contributed by atoms with Gasteiger partial charge in [-0.2, -0.15) is 0 Å². The second-order valence-corrected chi connectivity index (χ2v) is 6.60. The number of nitrogens with one attached hydrogen (secondary N) is 1. The van der Waals surface area contributed by atoms with E-state index in [-0.39, 0.29) is 5.82 Å². The van der Waals surface area contributed by atoms with Gasteiger partial charge in [0.15, 0.2) is 0 Å². The Morgan fingerprint density at radius 1 is 1.09 bits per heavy atom. The molecule has 2 aliphatic heterocycles. The fraction of sp³-hybridized carbons (Fsp3) is 0.611. The predicted molar refractivity (Wildman–Crippen MR) is 90.0 cm³/mol. The van der Waals surface area contributed by atoms with Crippen LogP contribution in [0.25, 0.3) is 0 Å². The number of nitrogens with zero attached hydrogens (tertiary/aromatic N) is 2. The number of carbonyl (C=O) groups is 1. The summed E-state index contributed by atoms with van der Waals surface area (Å²) in [5.74, 6) is 0.639. The summed E-state index contributed by atoms with van der Waals surface area (Å²) in [5.41, 5.74) is 1.04. The van der Waals surface area contributed by atoms with E-state index in [2.05, 4.69) is 10.2 Å². The van der Waals surface area contributed by atoms with Gasteiger partial charge in [-0.25, -0.2) is 4.39 Å². The first kappa shape index (κ1) is 16.2. The predicted octanol–water partition coefficient (Wildman–Crippen LogP) is 2.25. The third kappa shape index (κ3) is 4.44. The van der Waals surface area contributed by atoms with Gasteiger partial charge >= 0.3 is 0 Å². The molecule has 4 nitrogen and oxygen atoms in total. The van der Waals surface area contributed by atoms with Crippen LogP contribution >= 0.6 is 0 Å². The molecule has 0 radical (unpaired) electrons. The molecule has 1 amide bonds. The van der Waals surface area contributed by atoms with E-state index < -0.39 is 0 Å². The minimum Gasteiger partial charge on any atom is -0.370 e. The number of amides is 1. The number of benzene rings is 1. The van der Waals surface area contributed by atoms with E-state index in [1.165, 1.54) is 12.1 Å². The molecule has 126 valence electrons. The van der Waals surface area contributed by atoms with E-state index in [4.69, 9.17) is 0 Å². The average Bonchev–Trinajstić information content (AvgIpc) is 2.83. The smallest absolute Gasteiger partial charge is 0.222 e. The lowest BCUT2D eigenvalue weighted by Crippen LogP contribution is -2.37. The van der Waals surface area contributed by atoms with Crippen molar-refractivity contribution in [1.82, 2.24) is 10.2 Å². The minimum atomic E-state index is -0.206. The number of halogens is 1. The number of anilines is 1. The highest BCUT2D eigenvalue weighted by Crippen LogP contribution is 2.20.